The predicted molar refractivity (Wildman–Crippen MR) is 88.0 cm³/mol. The largest absolute Gasteiger partial charge is 0.301 e. The molecule has 2 heterocycles. The van der Waals surface area contributed by atoms with Crippen LogP contribution in [0.15, 0.2) is 40.8 Å². The molecule has 1 aromatic heterocycles. The van der Waals surface area contributed by atoms with Gasteiger partial charge < -0.3 is 5.32 Å². The Bertz CT molecular complexity index is 640. The number of thioether (sulfide) groups is 2. The number of carbonyl (C=O) groups excluding carboxylic acids is 1. The fraction of sp³-hybridized carbons (Fsp3) is 0.154. The molecular formula is C13H11N3OS3. The number of thiazole rings is 1. The lowest BCUT2D eigenvalue weighted by molar-refractivity contribution is -0.113. The molecule has 0 atom stereocenters. The van der Waals surface area contributed by atoms with E-state index < -0.39 is 0 Å². The van der Waals surface area contributed by atoms with Crippen LogP contribution in [0.3, 0.4) is 0 Å². The Morgan fingerprint density at radius 1 is 1.40 bits per heavy atom. The van der Waals surface area contributed by atoms with Gasteiger partial charge in [-0.25, -0.2) is 9.98 Å². The Balaban J connectivity index is 1.57. The summed E-state index contributed by atoms with van der Waals surface area (Å²) in [6.45, 7) is 0. The van der Waals surface area contributed by atoms with Crippen LogP contribution in [-0.4, -0.2) is 21.0 Å². The molecule has 1 aliphatic heterocycles. The number of hydrogen-bond donors (Lipinski definition) is 1. The molecule has 0 spiro atoms. The average Bonchev–Trinajstić information content (AvgIpc) is 2.98. The SMILES string of the molecule is O=C(CSC1=Nc2ccccc2CS1)Nc1nccs1. The van der Waals surface area contributed by atoms with Crippen LogP contribution in [0.5, 0.6) is 0 Å². The van der Waals surface area contributed by atoms with Gasteiger partial charge in [-0.05, 0) is 11.6 Å². The standard InChI is InChI=1S/C13H11N3OS3/c17-11(16-12-14-5-6-18-12)8-20-13-15-10-4-2-1-3-9(10)7-19-13/h1-6H,7-8H2,(H,14,16,17). The number of fused-ring (bicyclic) bond motifs is 1. The molecule has 2 aromatic rings. The van der Waals surface area contributed by atoms with Crippen molar-refractivity contribution < 1.29 is 4.79 Å². The van der Waals surface area contributed by atoms with E-state index in [-0.39, 0.29) is 5.91 Å². The van der Waals surface area contributed by atoms with Gasteiger partial charge in [-0.3, -0.25) is 4.79 Å². The normalized spacial score (nSPS) is 13.5. The van der Waals surface area contributed by atoms with Gasteiger partial charge in [-0.15, -0.1) is 11.3 Å². The van der Waals surface area contributed by atoms with Gasteiger partial charge in [0.05, 0.1) is 11.4 Å². The first-order chi connectivity index (χ1) is 9.81. The zero-order valence-corrected chi connectivity index (χ0v) is 12.9. The Morgan fingerprint density at radius 3 is 3.15 bits per heavy atom. The molecule has 20 heavy (non-hydrogen) atoms. The van der Waals surface area contributed by atoms with E-state index in [9.17, 15) is 4.79 Å². The molecule has 1 aliphatic rings. The number of nitrogens with zero attached hydrogens (tertiary/aromatic N) is 2. The lowest BCUT2D eigenvalue weighted by atomic mass is 10.2. The van der Waals surface area contributed by atoms with Gasteiger partial charge in [0, 0.05) is 17.3 Å². The van der Waals surface area contributed by atoms with Gasteiger partial charge in [0.1, 0.15) is 4.38 Å². The molecule has 102 valence electrons. The molecule has 0 bridgehead atoms. The molecule has 0 radical (unpaired) electrons. The molecule has 4 nitrogen and oxygen atoms in total. The summed E-state index contributed by atoms with van der Waals surface area (Å²) in [6, 6.07) is 8.10. The molecule has 1 amide bonds. The molecular weight excluding hydrogens is 310 g/mol. The number of amides is 1. The number of aromatic nitrogens is 1. The Morgan fingerprint density at radius 2 is 2.30 bits per heavy atom. The number of para-hydroxylation sites is 1. The van der Waals surface area contributed by atoms with Crippen LogP contribution >= 0.6 is 34.9 Å². The highest BCUT2D eigenvalue weighted by Gasteiger charge is 2.14. The van der Waals surface area contributed by atoms with Crippen molar-refractivity contribution in [1.29, 1.82) is 0 Å². The number of anilines is 1. The van der Waals surface area contributed by atoms with E-state index in [1.807, 2.05) is 23.6 Å². The summed E-state index contributed by atoms with van der Waals surface area (Å²) in [6.07, 6.45) is 1.67. The number of benzene rings is 1. The van der Waals surface area contributed by atoms with Crippen molar-refractivity contribution in [1.82, 2.24) is 4.98 Å². The van der Waals surface area contributed by atoms with Crippen LogP contribution in [-0.2, 0) is 10.5 Å². The number of aliphatic imine (C=N–C) groups is 1. The van der Waals surface area contributed by atoms with Crippen molar-refractivity contribution in [2.75, 3.05) is 11.1 Å². The molecule has 1 N–H and O–H groups in total. The van der Waals surface area contributed by atoms with Crippen molar-refractivity contribution in [3.8, 4) is 0 Å². The lowest BCUT2D eigenvalue weighted by Crippen LogP contribution is -2.14. The Hall–Kier alpha value is -1.31. The molecule has 3 rings (SSSR count). The Labute approximate surface area is 129 Å². The minimum absolute atomic E-state index is 0.0490. The van der Waals surface area contributed by atoms with Crippen molar-refractivity contribution in [3.05, 3.63) is 41.4 Å². The maximum atomic E-state index is 11.8. The summed E-state index contributed by atoms with van der Waals surface area (Å²) in [7, 11) is 0. The second kappa shape index (κ2) is 6.43. The topological polar surface area (TPSA) is 54.4 Å². The van der Waals surface area contributed by atoms with E-state index in [2.05, 4.69) is 21.4 Å². The summed E-state index contributed by atoms with van der Waals surface area (Å²) in [4.78, 5) is 20.4. The molecule has 0 saturated carbocycles. The second-order valence-electron chi connectivity index (χ2n) is 3.97. The number of carbonyl (C=O) groups is 1. The van der Waals surface area contributed by atoms with Crippen molar-refractivity contribution in [3.63, 3.8) is 0 Å². The van der Waals surface area contributed by atoms with Gasteiger partial charge in [-0.1, -0.05) is 41.7 Å². The van der Waals surface area contributed by atoms with E-state index in [1.54, 1.807) is 18.0 Å². The number of nitrogens with one attached hydrogen (secondary N) is 1. The van der Waals surface area contributed by atoms with Crippen LogP contribution in [0.25, 0.3) is 0 Å². The Kier molecular flexibility index (Phi) is 4.39. The summed E-state index contributed by atoms with van der Waals surface area (Å²) in [5.41, 5.74) is 2.25. The molecule has 0 fully saturated rings. The molecule has 1 aromatic carbocycles. The van der Waals surface area contributed by atoms with Crippen LogP contribution < -0.4 is 5.32 Å². The van der Waals surface area contributed by atoms with Gasteiger partial charge >= 0.3 is 0 Å². The van der Waals surface area contributed by atoms with Crippen LogP contribution in [0.4, 0.5) is 10.8 Å². The van der Waals surface area contributed by atoms with E-state index in [0.29, 0.717) is 10.9 Å². The minimum atomic E-state index is -0.0490. The maximum Gasteiger partial charge on any atom is 0.236 e. The smallest absolute Gasteiger partial charge is 0.236 e. The van der Waals surface area contributed by atoms with Crippen molar-refractivity contribution in [2.45, 2.75) is 5.75 Å². The van der Waals surface area contributed by atoms with Gasteiger partial charge in [0.2, 0.25) is 5.91 Å². The molecule has 7 heteroatoms. The highest BCUT2D eigenvalue weighted by atomic mass is 32.2. The highest BCUT2D eigenvalue weighted by Crippen LogP contribution is 2.34. The van der Waals surface area contributed by atoms with Crippen LogP contribution in [0.1, 0.15) is 5.56 Å². The third-order valence-corrected chi connectivity index (χ3v) is 5.49. The zero-order valence-electron chi connectivity index (χ0n) is 10.4. The first-order valence-corrected chi connectivity index (χ1v) is 8.78. The van der Waals surface area contributed by atoms with E-state index in [1.165, 1.54) is 28.7 Å². The summed E-state index contributed by atoms with van der Waals surface area (Å²) < 4.78 is 0.943. The summed E-state index contributed by atoms with van der Waals surface area (Å²) in [5, 5.41) is 5.24. The zero-order chi connectivity index (χ0) is 13.8. The number of rotatable bonds is 3. The molecule has 0 aliphatic carbocycles. The molecule has 0 saturated heterocycles. The van der Waals surface area contributed by atoms with Crippen molar-refractivity contribution >= 4 is 56.0 Å². The monoisotopic (exact) mass is 321 g/mol. The first-order valence-electron chi connectivity index (χ1n) is 5.93. The third-order valence-electron chi connectivity index (χ3n) is 2.56. The fourth-order valence-corrected chi connectivity index (χ4v) is 4.06. The first kappa shape index (κ1) is 13.7. The maximum absolute atomic E-state index is 11.8. The van der Waals surface area contributed by atoms with E-state index in [0.717, 1.165) is 15.8 Å². The number of hydrogen-bond acceptors (Lipinski definition) is 6. The highest BCUT2D eigenvalue weighted by molar-refractivity contribution is 8.38. The predicted octanol–water partition coefficient (Wildman–Crippen LogP) is 3.75. The van der Waals surface area contributed by atoms with E-state index >= 15 is 0 Å². The third kappa shape index (κ3) is 3.41. The summed E-state index contributed by atoms with van der Waals surface area (Å²) >= 11 is 4.56. The quantitative estimate of drug-likeness (QED) is 0.935. The fourth-order valence-electron chi connectivity index (χ4n) is 1.65. The minimum Gasteiger partial charge on any atom is -0.301 e. The van der Waals surface area contributed by atoms with Crippen molar-refractivity contribution in [2.24, 2.45) is 4.99 Å². The van der Waals surface area contributed by atoms with Crippen LogP contribution in [0, 0.1) is 0 Å². The van der Waals surface area contributed by atoms with Gasteiger partial charge in [0.25, 0.3) is 0 Å². The lowest BCUT2D eigenvalue weighted by Gasteiger charge is -2.13. The average molecular weight is 321 g/mol. The molecule has 0 unspecified atom stereocenters. The van der Waals surface area contributed by atoms with Gasteiger partial charge in [0.15, 0.2) is 5.13 Å². The summed E-state index contributed by atoms with van der Waals surface area (Å²) in [5.74, 6) is 1.22. The van der Waals surface area contributed by atoms with E-state index in [4.69, 9.17) is 0 Å². The van der Waals surface area contributed by atoms with Crippen LogP contribution in [0.2, 0.25) is 0 Å². The second-order valence-corrected chi connectivity index (χ2v) is 7.05. The van der Waals surface area contributed by atoms with Gasteiger partial charge in [-0.2, -0.15) is 0 Å².